The first-order valence-corrected chi connectivity index (χ1v) is 5.14. The third-order valence-electron chi connectivity index (χ3n) is 2.57. The highest BCUT2D eigenvalue weighted by molar-refractivity contribution is 5.21. The van der Waals surface area contributed by atoms with E-state index in [-0.39, 0.29) is 12.1 Å². The van der Waals surface area contributed by atoms with E-state index >= 15 is 0 Å². The van der Waals surface area contributed by atoms with Gasteiger partial charge in [0.1, 0.15) is 0 Å². The molecule has 1 atom stereocenters. The van der Waals surface area contributed by atoms with Gasteiger partial charge in [-0.3, -0.25) is 0 Å². The Labute approximate surface area is 91.1 Å². The zero-order chi connectivity index (χ0) is 11.7. The van der Waals surface area contributed by atoms with Crippen LogP contribution in [0.5, 0.6) is 0 Å². The lowest BCUT2D eigenvalue weighted by molar-refractivity contribution is 0.173. The van der Waals surface area contributed by atoms with E-state index in [1.54, 1.807) is 0 Å². The second kappa shape index (κ2) is 4.43. The van der Waals surface area contributed by atoms with Crippen molar-refractivity contribution in [2.75, 3.05) is 6.54 Å². The molecule has 5 heteroatoms. The van der Waals surface area contributed by atoms with Crippen LogP contribution in [-0.2, 0) is 0 Å². The Kier molecular flexibility index (Phi) is 3.16. The Balaban J connectivity index is 2.06. The summed E-state index contributed by atoms with van der Waals surface area (Å²) in [6, 6.07) is 2.03. The van der Waals surface area contributed by atoms with Gasteiger partial charge >= 0.3 is 0 Å². The van der Waals surface area contributed by atoms with Crippen molar-refractivity contribution in [3.05, 3.63) is 35.1 Å². The second-order valence-corrected chi connectivity index (χ2v) is 4.00. The first kappa shape index (κ1) is 11.4. The van der Waals surface area contributed by atoms with Crippen molar-refractivity contribution in [3.63, 3.8) is 0 Å². The summed E-state index contributed by atoms with van der Waals surface area (Å²) >= 11 is 0. The number of hydrogen-bond donors (Lipinski definition) is 2. The number of aliphatic hydroxyl groups excluding tert-OH is 1. The number of aliphatic hydroxyl groups is 1. The minimum Gasteiger partial charge on any atom is -0.387 e. The summed E-state index contributed by atoms with van der Waals surface area (Å²) < 4.78 is 38.4. The first-order valence-electron chi connectivity index (χ1n) is 5.14. The molecule has 0 saturated heterocycles. The molecule has 0 spiro atoms. The molecule has 0 aliphatic heterocycles. The molecule has 2 rings (SSSR count). The van der Waals surface area contributed by atoms with E-state index in [1.807, 2.05) is 0 Å². The summed E-state index contributed by atoms with van der Waals surface area (Å²) in [7, 11) is 0. The second-order valence-electron chi connectivity index (χ2n) is 4.00. The number of nitrogens with one attached hydrogen (secondary N) is 1. The highest BCUT2D eigenvalue weighted by Crippen LogP contribution is 2.22. The molecule has 1 aliphatic rings. The number of rotatable bonds is 4. The lowest BCUT2D eigenvalue weighted by Crippen LogP contribution is -2.23. The highest BCUT2D eigenvalue weighted by atomic mass is 19.2. The Bertz CT molecular complexity index is 370. The summed E-state index contributed by atoms with van der Waals surface area (Å²) in [5.41, 5.74) is 0.0459. The Morgan fingerprint density at radius 3 is 2.31 bits per heavy atom. The molecule has 1 aromatic carbocycles. The molecule has 0 radical (unpaired) electrons. The van der Waals surface area contributed by atoms with Gasteiger partial charge in [0.25, 0.3) is 0 Å². The molecule has 1 fully saturated rings. The van der Waals surface area contributed by atoms with E-state index in [4.69, 9.17) is 0 Å². The zero-order valence-corrected chi connectivity index (χ0v) is 8.51. The van der Waals surface area contributed by atoms with Crippen LogP contribution in [0.15, 0.2) is 12.1 Å². The van der Waals surface area contributed by atoms with Crippen molar-refractivity contribution >= 4 is 0 Å². The van der Waals surface area contributed by atoms with Gasteiger partial charge in [-0.25, -0.2) is 13.2 Å². The molecule has 1 aromatic rings. The fraction of sp³-hybridized carbons (Fsp3) is 0.455. The van der Waals surface area contributed by atoms with Gasteiger partial charge in [0, 0.05) is 12.6 Å². The average molecular weight is 231 g/mol. The van der Waals surface area contributed by atoms with Crippen molar-refractivity contribution < 1.29 is 18.3 Å². The van der Waals surface area contributed by atoms with Crippen molar-refractivity contribution in [2.24, 2.45) is 0 Å². The molecule has 1 aliphatic carbocycles. The van der Waals surface area contributed by atoms with Gasteiger partial charge in [-0.2, -0.15) is 0 Å². The maximum atomic E-state index is 12.9. The maximum Gasteiger partial charge on any atom is 0.194 e. The average Bonchev–Trinajstić information content (AvgIpc) is 3.05. The van der Waals surface area contributed by atoms with Gasteiger partial charge < -0.3 is 10.4 Å². The van der Waals surface area contributed by atoms with Gasteiger partial charge in [0.15, 0.2) is 17.5 Å². The molecule has 16 heavy (non-hydrogen) atoms. The van der Waals surface area contributed by atoms with E-state index in [9.17, 15) is 18.3 Å². The molecule has 0 heterocycles. The quantitative estimate of drug-likeness (QED) is 0.775. The predicted molar refractivity (Wildman–Crippen MR) is 52.3 cm³/mol. The number of benzene rings is 1. The Morgan fingerprint density at radius 2 is 1.81 bits per heavy atom. The highest BCUT2D eigenvalue weighted by Gasteiger charge is 2.22. The van der Waals surface area contributed by atoms with E-state index in [0.717, 1.165) is 25.0 Å². The normalized spacial score (nSPS) is 17.5. The number of hydrogen-bond acceptors (Lipinski definition) is 2. The van der Waals surface area contributed by atoms with Crippen LogP contribution in [0.1, 0.15) is 24.5 Å². The SMILES string of the molecule is OC(CNC1CC1)c1cc(F)c(F)c(F)c1. The van der Waals surface area contributed by atoms with Crippen LogP contribution in [0.3, 0.4) is 0 Å². The molecule has 1 unspecified atom stereocenters. The molecular weight excluding hydrogens is 219 g/mol. The molecule has 0 aromatic heterocycles. The fourth-order valence-corrected chi connectivity index (χ4v) is 1.45. The van der Waals surface area contributed by atoms with Gasteiger partial charge in [0.2, 0.25) is 0 Å². The van der Waals surface area contributed by atoms with Crippen LogP contribution in [0.4, 0.5) is 13.2 Å². The third kappa shape index (κ3) is 2.54. The van der Waals surface area contributed by atoms with Crippen molar-refractivity contribution in [1.82, 2.24) is 5.32 Å². The van der Waals surface area contributed by atoms with Crippen LogP contribution in [0.25, 0.3) is 0 Å². The fourth-order valence-electron chi connectivity index (χ4n) is 1.45. The predicted octanol–water partition coefficient (Wildman–Crippen LogP) is 1.89. The van der Waals surface area contributed by atoms with E-state index in [2.05, 4.69) is 5.32 Å². The van der Waals surface area contributed by atoms with Crippen LogP contribution in [0.2, 0.25) is 0 Å². The minimum absolute atomic E-state index is 0.0459. The summed E-state index contributed by atoms with van der Waals surface area (Å²) in [5, 5.41) is 12.6. The van der Waals surface area contributed by atoms with Crippen LogP contribution >= 0.6 is 0 Å². The van der Waals surface area contributed by atoms with Crippen LogP contribution in [-0.4, -0.2) is 17.7 Å². The molecule has 0 amide bonds. The molecule has 1 saturated carbocycles. The van der Waals surface area contributed by atoms with Crippen molar-refractivity contribution in [3.8, 4) is 0 Å². The first-order chi connectivity index (χ1) is 7.58. The third-order valence-corrected chi connectivity index (χ3v) is 2.57. The molecule has 0 bridgehead atoms. The Hall–Kier alpha value is -1.07. The zero-order valence-electron chi connectivity index (χ0n) is 8.51. The molecule has 88 valence electrons. The van der Waals surface area contributed by atoms with Crippen molar-refractivity contribution in [1.29, 1.82) is 0 Å². The van der Waals surface area contributed by atoms with Crippen molar-refractivity contribution in [2.45, 2.75) is 25.0 Å². The lowest BCUT2D eigenvalue weighted by Gasteiger charge is -2.12. The van der Waals surface area contributed by atoms with Crippen LogP contribution < -0.4 is 5.32 Å². The van der Waals surface area contributed by atoms with Crippen LogP contribution in [0, 0.1) is 17.5 Å². The smallest absolute Gasteiger partial charge is 0.194 e. The largest absolute Gasteiger partial charge is 0.387 e. The van der Waals surface area contributed by atoms with Gasteiger partial charge in [-0.1, -0.05) is 0 Å². The molecular formula is C11H12F3NO. The standard InChI is InChI=1S/C11H12F3NO/c12-8-3-6(4-9(13)11(8)14)10(16)5-15-7-1-2-7/h3-4,7,10,15-16H,1-2,5H2. The summed E-state index contributed by atoms with van der Waals surface area (Å²) in [6.45, 7) is 0.217. The number of halogens is 3. The van der Waals surface area contributed by atoms with E-state index in [1.165, 1.54) is 0 Å². The van der Waals surface area contributed by atoms with E-state index in [0.29, 0.717) is 6.04 Å². The van der Waals surface area contributed by atoms with Gasteiger partial charge in [-0.05, 0) is 30.5 Å². The maximum absolute atomic E-state index is 12.9. The van der Waals surface area contributed by atoms with Gasteiger partial charge in [0.05, 0.1) is 6.10 Å². The lowest BCUT2D eigenvalue weighted by atomic mass is 10.1. The van der Waals surface area contributed by atoms with Gasteiger partial charge in [-0.15, -0.1) is 0 Å². The monoisotopic (exact) mass is 231 g/mol. The Morgan fingerprint density at radius 1 is 1.25 bits per heavy atom. The summed E-state index contributed by atoms with van der Waals surface area (Å²) in [4.78, 5) is 0. The summed E-state index contributed by atoms with van der Waals surface area (Å²) in [6.07, 6.45) is 1.09. The minimum atomic E-state index is -1.51. The van der Waals surface area contributed by atoms with E-state index < -0.39 is 23.6 Å². The topological polar surface area (TPSA) is 32.3 Å². The molecule has 2 N–H and O–H groups in total. The molecule has 2 nitrogen and oxygen atoms in total. The summed E-state index contributed by atoms with van der Waals surface area (Å²) in [5.74, 6) is -4.06.